The molecule has 1 unspecified atom stereocenters. The Labute approximate surface area is 116 Å². The summed E-state index contributed by atoms with van der Waals surface area (Å²) >= 11 is 0. The highest BCUT2D eigenvalue weighted by Crippen LogP contribution is 2.12. The number of primary amides is 1. The standard InChI is InChI=1S/C11H20O2.C3H7NO2/c1-4-7-8-10(5-2)9-13-11(12)6-3;1-2-6-3(4)5/h6,10H,3-5,7-9H2,1-2H3;2H2,1H3,(H2,4,5). The summed E-state index contributed by atoms with van der Waals surface area (Å²) in [4.78, 5) is 20.4. The number of ether oxygens (including phenoxy) is 2. The molecule has 5 nitrogen and oxygen atoms in total. The van der Waals surface area contributed by atoms with Gasteiger partial charge in [-0.05, 0) is 19.3 Å². The van der Waals surface area contributed by atoms with Gasteiger partial charge in [0, 0.05) is 6.08 Å². The zero-order chi connectivity index (χ0) is 15.1. The van der Waals surface area contributed by atoms with Gasteiger partial charge in [0.2, 0.25) is 0 Å². The molecule has 5 heteroatoms. The van der Waals surface area contributed by atoms with Crippen LogP contribution in [0.1, 0.15) is 46.5 Å². The predicted octanol–water partition coefficient (Wildman–Crippen LogP) is 3.03. The maximum atomic E-state index is 10.8. The summed E-state index contributed by atoms with van der Waals surface area (Å²) in [5.41, 5.74) is 4.54. The molecule has 112 valence electrons. The topological polar surface area (TPSA) is 78.6 Å². The number of carbonyl (C=O) groups is 2. The van der Waals surface area contributed by atoms with Gasteiger partial charge in [0.1, 0.15) is 0 Å². The van der Waals surface area contributed by atoms with Crippen molar-refractivity contribution in [1.29, 1.82) is 0 Å². The molecule has 2 N–H and O–H groups in total. The van der Waals surface area contributed by atoms with Crippen molar-refractivity contribution in [3.63, 3.8) is 0 Å². The van der Waals surface area contributed by atoms with Gasteiger partial charge in [-0.2, -0.15) is 0 Å². The van der Waals surface area contributed by atoms with Crippen LogP contribution >= 0.6 is 0 Å². The van der Waals surface area contributed by atoms with Gasteiger partial charge >= 0.3 is 12.1 Å². The van der Waals surface area contributed by atoms with Crippen LogP contribution in [0.5, 0.6) is 0 Å². The maximum absolute atomic E-state index is 10.8. The maximum Gasteiger partial charge on any atom is 0.404 e. The van der Waals surface area contributed by atoms with E-state index in [4.69, 9.17) is 4.74 Å². The van der Waals surface area contributed by atoms with Gasteiger partial charge in [0.25, 0.3) is 0 Å². The Morgan fingerprint density at radius 2 is 1.89 bits per heavy atom. The third-order valence-corrected chi connectivity index (χ3v) is 2.46. The van der Waals surface area contributed by atoms with Crippen LogP contribution in [-0.2, 0) is 14.3 Å². The van der Waals surface area contributed by atoms with Crippen LogP contribution in [0.3, 0.4) is 0 Å². The van der Waals surface area contributed by atoms with E-state index >= 15 is 0 Å². The van der Waals surface area contributed by atoms with Gasteiger partial charge < -0.3 is 15.2 Å². The van der Waals surface area contributed by atoms with Crippen molar-refractivity contribution in [2.24, 2.45) is 11.7 Å². The Morgan fingerprint density at radius 3 is 2.21 bits per heavy atom. The van der Waals surface area contributed by atoms with Gasteiger partial charge in [-0.15, -0.1) is 0 Å². The monoisotopic (exact) mass is 273 g/mol. The molecule has 0 bridgehead atoms. The minimum atomic E-state index is -0.711. The third-order valence-electron chi connectivity index (χ3n) is 2.46. The molecule has 0 aliphatic carbocycles. The molecule has 19 heavy (non-hydrogen) atoms. The molecule has 0 aromatic rings. The fraction of sp³-hybridized carbons (Fsp3) is 0.714. The molecule has 0 fully saturated rings. The summed E-state index contributed by atoms with van der Waals surface area (Å²) < 4.78 is 9.16. The second kappa shape index (κ2) is 14.5. The van der Waals surface area contributed by atoms with Crippen molar-refractivity contribution in [1.82, 2.24) is 0 Å². The number of esters is 1. The second-order valence-corrected chi connectivity index (χ2v) is 4.00. The highest BCUT2D eigenvalue weighted by atomic mass is 16.5. The Hall–Kier alpha value is -1.52. The lowest BCUT2D eigenvalue weighted by Crippen LogP contribution is -2.12. The fourth-order valence-electron chi connectivity index (χ4n) is 1.30. The number of unbranched alkanes of at least 4 members (excludes halogenated alkanes) is 1. The van der Waals surface area contributed by atoms with E-state index in [0.29, 0.717) is 19.1 Å². The molecule has 0 rings (SSSR count). The molecule has 1 amide bonds. The number of rotatable bonds is 8. The largest absolute Gasteiger partial charge is 0.462 e. The summed E-state index contributed by atoms with van der Waals surface area (Å²) in [6.07, 6.45) is 5.14. The van der Waals surface area contributed by atoms with Crippen LogP contribution in [0.15, 0.2) is 12.7 Å². The van der Waals surface area contributed by atoms with Crippen molar-refractivity contribution in [3.8, 4) is 0 Å². The van der Waals surface area contributed by atoms with E-state index in [0.717, 1.165) is 12.8 Å². The second-order valence-electron chi connectivity index (χ2n) is 4.00. The zero-order valence-corrected chi connectivity index (χ0v) is 12.3. The van der Waals surface area contributed by atoms with Gasteiger partial charge in [-0.25, -0.2) is 9.59 Å². The van der Waals surface area contributed by atoms with E-state index in [2.05, 4.69) is 30.9 Å². The van der Waals surface area contributed by atoms with E-state index in [-0.39, 0.29) is 5.97 Å². The number of carbonyl (C=O) groups excluding carboxylic acids is 2. The van der Waals surface area contributed by atoms with E-state index < -0.39 is 6.09 Å². The van der Waals surface area contributed by atoms with Crippen LogP contribution in [0.4, 0.5) is 4.79 Å². The highest BCUT2D eigenvalue weighted by molar-refractivity contribution is 5.81. The minimum Gasteiger partial charge on any atom is -0.462 e. The first kappa shape index (κ1) is 19.8. The first-order chi connectivity index (χ1) is 9.01. The van der Waals surface area contributed by atoms with Crippen LogP contribution in [-0.4, -0.2) is 25.3 Å². The van der Waals surface area contributed by atoms with Crippen molar-refractivity contribution in [2.75, 3.05) is 13.2 Å². The zero-order valence-electron chi connectivity index (χ0n) is 12.3. The van der Waals surface area contributed by atoms with E-state index in [1.165, 1.54) is 18.9 Å². The molecule has 0 aromatic heterocycles. The number of hydrogen-bond acceptors (Lipinski definition) is 4. The molecule has 0 saturated heterocycles. The van der Waals surface area contributed by atoms with E-state index in [1.54, 1.807) is 6.92 Å². The normalized spacial score (nSPS) is 10.7. The number of nitrogens with two attached hydrogens (primary N) is 1. The Kier molecular flexibility index (Phi) is 15.2. The lowest BCUT2D eigenvalue weighted by molar-refractivity contribution is -0.139. The van der Waals surface area contributed by atoms with Crippen LogP contribution in [0.2, 0.25) is 0 Å². The van der Waals surface area contributed by atoms with Crippen LogP contribution < -0.4 is 5.73 Å². The first-order valence-corrected chi connectivity index (χ1v) is 6.73. The van der Waals surface area contributed by atoms with Crippen molar-refractivity contribution < 1.29 is 19.1 Å². The van der Waals surface area contributed by atoms with Gasteiger partial charge in [-0.1, -0.05) is 39.7 Å². The Balaban J connectivity index is 0. The fourth-order valence-corrected chi connectivity index (χ4v) is 1.30. The summed E-state index contributed by atoms with van der Waals surface area (Å²) in [7, 11) is 0. The number of amides is 1. The first-order valence-electron chi connectivity index (χ1n) is 6.73. The molecular weight excluding hydrogens is 246 g/mol. The van der Waals surface area contributed by atoms with Crippen LogP contribution in [0, 0.1) is 5.92 Å². The summed E-state index contributed by atoms with van der Waals surface area (Å²) in [5.74, 6) is 0.207. The van der Waals surface area contributed by atoms with E-state index in [9.17, 15) is 9.59 Å². The van der Waals surface area contributed by atoms with Crippen molar-refractivity contribution in [2.45, 2.75) is 46.5 Å². The van der Waals surface area contributed by atoms with Gasteiger partial charge in [-0.3, -0.25) is 0 Å². The number of hydrogen-bond donors (Lipinski definition) is 1. The Bertz CT molecular complexity index is 254. The average molecular weight is 273 g/mol. The Morgan fingerprint density at radius 1 is 1.26 bits per heavy atom. The molecule has 0 aliphatic rings. The molecule has 0 aromatic carbocycles. The molecule has 0 radical (unpaired) electrons. The summed E-state index contributed by atoms with van der Waals surface area (Å²) in [5, 5.41) is 0. The molecule has 0 heterocycles. The van der Waals surface area contributed by atoms with Gasteiger partial charge in [0.05, 0.1) is 13.2 Å². The smallest absolute Gasteiger partial charge is 0.404 e. The lowest BCUT2D eigenvalue weighted by atomic mass is 10.0. The average Bonchev–Trinajstić information content (AvgIpc) is 2.39. The van der Waals surface area contributed by atoms with Gasteiger partial charge in [0.15, 0.2) is 0 Å². The molecule has 0 aliphatic heterocycles. The quantitative estimate of drug-likeness (QED) is 0.544. The highest BCUT2D eigenvalue weighted by Gasteiger charge is 2.07. The summed E-state index contributed by atoms with van der Waals surface area (Å²) in [6, 6.07) is 0. The summed E-state index contributed by atoms with van der Waals surface area (Å²) in [6.45, 7) is 10.2. The van der Waals surface area contributed by atoms with Crippen molar-refractivity contribution >= 4 is 12.1 Å². The predicted molar refractivity (Wildman–Crippen MR) is 75.7 cm³/mol. The van der Waals surface area contributed by atoms with E-state index in [1.807, 2.05) is 0 Å². The molecule has 0 saturated carbocycles. The van der Waals surface area contributed by atoms with Crippen molar-refractivity contribution in [3.05, 3.63) is 12.7 Å². The lowest BCUT2D eigenvalue weighted by Gasteiger charge is -2.13. The van der Waals surface area contributed by atoms with Crippen LogP contribution in [0.25, 0.3) is 0 Å². The minimum absolute atomic E-state index is 0.310. The molecular formula is C14H27NO4. The third kappa shape index (κ3) is 16.5. The molecule has 0 spiro atoms. The molecule has 1 atom stereocenters. The SMILES string of the molecule is C=CC(=O)OCC(CC)CCCC.CCOC(N)=O.